The lowest BCUT2D eigenvalue weighted by molar-refractivity contribution is -0.484. The number of allylic oxidation sites excluding steroid dienone is 1. The van der Waals surface area contributed by atoms with Gasteiger partial charge in [0, 0.05) is 0 Å². The molecule has 0 saturated heterocycles. The van der Waals surface area contributed by atoms with Crippen LogP contribution < -0.4 is 0 Å². The fraction of sp³-hybridized carbons (Fsp3) is 0. The minimum Gasteiger partial charge on any atom is -0.288 e. The van der Waals surface area contributed by atoms with Crippen molar-refractivity contribution in [2.24, 2.45) is 5.10 Å². The predicted octanol–water partition coefficient (Wildman–Crippen LogP) is -0.153. The van der Waals surface area contributed by atoms with Gasteiger partial charge in [-0.05, 0) is 0 Å². The molecule has 1 heterocycles. The lowest BCUT2D eigenvalue weighted by Gasteiger charge is -1.78. The number of hydrogen-bond acceptors (Lipinski definition) is 2. The Bertz CT molecular complexity index is 154. The summed E-state index contributed by atoms with van der Waals surface area (Å²) in [6.45, 7) is 0. The fourth-order valence-electron chi connectivity index (χ4n) is 0.333. The van der Waals surface area contributed by atoms with Crippen molar-refractivity contribution in [3.05, 3.63) is 17.2 Å². The fourth-order valence-corrected chi connectivity index (χ4v) is 0.333. The van der Waals surface area contributed by atoms with E-state index in [1.807, 2.05) is 0 Å². The Morgan fingerprint density at radius 1 is 1.62 bits per heavy atom. The Hall–Kier alpha value is -1.32. The van der Waals surface area contributed by atoms with Gasteiger partial charge in [-0.25, -0.2) is 0 Å². The molecule has 0 aromatic rings. The van der Waals surface area contributed by atoms with E-state index in [1.165, 1.54) is 0 Å². The van der Waals surface area contributed by atoms with Crippen LogP contribution in [0.15, 0.2) is 17.4 Å². The highest BCUT2D eigenvalue weighted by molar-refractivity contribution is 6.32. The van der Waals surface area contributed by atoms with Gasteiger partial charge in [-0.2, -0.15) is 0 Å². The zero-order chi connectivity index (χ0) is 5.98. The van der Waals surface area contributed by atoms with Crippen molar-refractivity contribution >= 4 is 12.0 Å². The maximum Gasteiger partial charge on any atom is 0.263 e. The van der Waals surface area contributed by atoms with Gasteiger partial charge in [0.15, 0.2) is 4.87 Å². The zero-order valence-corrected chi connectivity index (χ0v) is 3.94. The number of hydrazone groups is 1. The van der Waals surface area contributed by atoms with E-state index in [4.69, 9.17) is 0 Å². The maximum absolute atomic E-state index is 10.2. The van der Waals surface area contributed by atoms with Gasteiger partial charge in [0.25, 0.3) is 6.20 Å². The van der Waals surface area contributed by atoms with E-state index in [0.29, 0.717) is 4.87 Å². The first-order valence-electron chi connectivity index (χ1n) is 2.01. The second-order valence-electron chi connectivity index (χ2n) is 1.27. The molecule has 1 aliphatic rings. The molecule has 0 aromatic heterocycles. The number of carbonyl (C=O) groups is 1. The number of hydrogen-bond donors (Lipinski definition) is 0. The second-order valence-corrected chi connectivity index (χ2v) is 1.27. The molecule has 0 atom stereocenters. The molecule has 0 radical (unpaired) electrons. The summed E-state index contributed by atoms with van der Waals surface area (Å²) in [5.41, 5.74) is 0. The van der Waals surface area contributed by atoms with Crippen molar-refractivity contribution in [3.63, 3.8) is 0 Å². The quantitative estimate of drug-likeness (QED) is 0.408. The van der Waals surface area contributed by atoms with Gasteiger partial charge in [-0.3, -0.25) is 4.79 Å². The number of nitroso groups, excluding NO2 is 1. The van der Waals surface area contributed by atoms with Crippen LogP contribution >= 0.6 is 0 Å². The van der Waals surface area contributed by atoms with Crippen molar-refractivity contribution < 1.29 is 9.66 Å². The Balaban J connectivity index is 2.83. The average Bonchev–Trinajstić information content (AvgIpc) is 1.77. The molecule has 0 aliphatic carbocycles. The van der Waals surface area contributed by atoms with Crippen LogP contribution in [0.4, 0.5) is 0 Å². The average molecular weight is 111 g/mol. The molecule has 4 heteroatoms. The van der Waals surface area contributed by atoms with Gasteiger partial charge >= 0.3 is 0 Å². The molecule has 0 spiro atoms. The van der Waals surface area contributed by atoms with Crippen LogP contribution in [0.25, 0.3) is 0 Å². The molecule has 0 amide bonds. The normalized spacial score (nSPS) is 17.5. The summed E-state index contributed by atoms with van der Waals surface area (Å²) in [4.78, 5) is 20.6. The third kappa shape index (κ3) is 0.841. The molecular formula is C4H3N2O2+. The molecule has 4 nitrogen and oxygen atoms in total. The molecule has 0 aromatic carbocycles. The first kappa shape index (κ1) is 4.83. The van der Waals surface area contributed by atoms with Crippen LogP contribution in [0.3, 0.4) is 0 Å². The summed E-state index contributed by atoms with van der Waals surface area (Å²) in [6.07, 6.45) is 3.18. The lowest BCUT2D eigenvalue weighted by Crippen LogP contribution is -2.03. The van der Waals surface area contributed by atoms with Crippen LogP contribution in [-0.4, -0.2) is 16.9 Å². The molecule has 0 saturated carbocycles. The summed E-state index contributed by atoms with van der Waals surface area (Å²) < 4.78 is 0. The maximum atomic E-state index is 10.2. The van der Waals surface area contributed by atoms with E-state index in [1.54, 1.807) is 0 Å². The van der Waals surface area contributed by atoms with E-state index in [-0.39, 0.29) is 5.78 Å². The third-order valence-corrected chi connectivity index (χ3v) is 0.665. The van der Waals surface area contributed by atoms with Crippen molar-refractivity contribution in [2.45, 2.75) is 0 Å². The van der Waals surface area contributed by atoms with Gasteiger partial charge in [0.05, 0.1) is 16.1 Å². The van der Waals surface area contributed by atoms with Crippen molar-refractivity contribution in [2.75, 3.05) is 0 Å². The monoisotopic (exact) mass is 111 g/mol. The molecule has 0 fully saturated rings. The molecule has 40 valence electrons. The van der Waals surface area contributed by atoms with Crippen molar-refractivity contribution in [1.82, 2.24) is 0 Å². The number of ketones is 1. The molecule has 1 rings (SSSR count). The highest BCUT2D eigenvalue weighted by Crippen LogP contribution is 1.85. The molecule has 1 aliphatic heterocycles. The molecular weight excluding hydrogens is 108 g/mol. The van der Waals surface area contributed by atoms with Crippen LogP contribution in [0.2, 0.25) is 0 Å². The summed E-state index contributed by atoms with van der Waals surface area (Å²) in [7, 11) is 0. The lowest BCUT2D eigenvalue weighted by atomic mass is 10.4. The van der Waals surface area contributed by atoms with Gasteiger partial charge in [-0.15, -0.1) is 0 Å². The summed E-state index contributed by atoms with van der Waals surface area (Å²) in [5, 5.41) is 3.13. The summed E-state index contributed by atoms with van der Waals surface area (Å²) >= 11 is 0. The predicted molar refractivity (Wildman–Crippen MR) is 26.3 cm³/mol. The van der Waals surface area contributed by atoms with Crippen LogP contribution in [-0.2, 0) is 4.79 Å². The van der Waals surface area contributed by atoms with E-state index >= 15 is 0 Å². The van der Waals surface area contributed by atoms with E-state index < -0.39 is 0 Å². The minimum atomic E-state index is -0.253. The van der Waals surface area contributed by atoms with Crippen molar-refractivity contribution in [3.8, 4) is 0 Å². The van der Waals surface area contributed by atoms with Gasteiger partial charge in [0.1, 0.15) is 6.21 Å². The number of rotatable bonds is 0. The van der Waals surface area contributed by atoms with Crippen LogP contribution in [0.5, 0.6) is 0 Å². The first-order valence-corrected chi connectivity index (χ1v) is 2.01. The smallest absolute Gasteiger partial charge is 0.263 e. The molecule has 0 bridgehead atoms. The third-order valence-electron chi connectivity index (χ3n) is 0.665. The van der Waals surface area contributed by atoms with Crippen LogP contribution in [0, 0.1) is 4.91 Å². The van der Waals surface area contributed by atoms with Crippen molar-refractivity contribution in [1.29, 1.82) is 0 Å². The Morgan fingerprint density at radius 2 is 2.38 bits per heavy atom. The minimum absolute atomic E-state index is 0.253. The van der Waals surface area contributed by atoms with E-state index in [0.717, 1.165) is 18.5 Å². The molecule has 0 N–H and O–H groups in total. The van der Waals surface area contributed by atoms with Crippen LogP contribution in [0.1, 0.15) is 0 Å². The van der Waals surface area contributed by atoms with Gasteiger partial charge in [0.2, 0.25) is 5.78 Å². The van der Waals surface area contributed by atoms with E-state index in [2.05, 4.69) is 5.10 Å². The van der Waals surface area contributed by atoms with E-state index in [9.17, 15) is 9.70 Å². The van der Waals surface area contributed by atoms with Gasteiger partial charge < -0.3 is 0 Å². The zero-order valence-electron chi connectivity index (χ0n) is 3.94. The topological polar surface area (TPSA) is 49.5 Å². The molecule has 0 unspecified atom stereocenters. The first-order chi connectivity index (χ1) is 3.79. The second kappa shape index (κ2) is 1.65. The molecule has 8 heavy (non-hydrogen) atoms. The SMILES string of the molecule is O=C1C=C[N+](=O)N=C1. The number of nitrogens with zero attached hydrogens (tertiary/aromatic N) is 2. The largest absolute Gasteiger partial charge is 0.288 e. The Morgan fingerprint density at radius 3 is 2.75 bits per heavy atom. The summed E-state index contributed by atoms with van der Waals surface area (Å²) in [6, 6.07) is 0. The highest BCUT2D eigenvalue weighted by atomic mass is 16.3. The highest BCUT2D eigenvalue weighted by Gasteiger charge is 2.07. The number of carbonyl (C=O) groups excluding carboxylic acids is 1. The standard InChI is InChI=1S/C4H3N2O2/c7-4-1-2-6(8)5-3-4/h1-3H/q+1. The Labute approximate surface area is 45.1 Å². The van der Waals surface area contributed by atoms with Gasteiger partial charge in [-0.1, -0.05) is 0 Å². The Kier molecular flexibility index (Phi) is 0.997. The summed E-state index contributed by atoms with van der Waals surface area (Å²) in [5.74, 6) is -0.253.